The molecule has 0 aliphatic carbocycles. The Hall–Kier alpha value is -0.590. The van der Waals surface area contributed by atoms with E-state index in [1.165, 1.54) is 0 Å². The molecule has 70 valence electrons. The number of aliphatic hydroxyl groups excluding tert-OH is 1. The van der Waals surface area contributed by atoms with Gasteiger partial charge < -0.3 is 9.84 Å². The average Bonchev–Trinajstić information content (AvgIpc) is 2.04. The highest BCUT2D eigenvalue weighted by Gasteiger charge is 2.29. The van der Waals surface area contributed by atoms with Gasteiger partial charge in [0.25, 0.3) is 0 Å². The minimum atomic E-state index is -0.515. The zero-order valence-electron chi connectivity index (χ0n) is 8.00. The molecule has 0 amide bonds. The standard InChI is InChI=1S/C9H17NO2/c1-4-12-8(5-6-11)9(2,3)7-10/h8,11H,4-6H2,1-3H3. The molecule has 0 aliphatic heterocycles. The first-order valence-corrected chi connectivity index (χ1v) is 4.22. The van der Waals surface area contributed by atoms with Gasteiger partial charge in [0.2, 0.25) is 0 Å². The zero-order valence-corrected chi connectivity index (χ0v) is 8.00. The van der Waals surface area contributed by atoms with Crippen molar-refractivity contribution in [2.24, 2.45) is 5.41 Å². The maximum atomic E-state index is 8.81. The van der Waals surface area contributed by atoms with Crippen LogP contribution in [0.5, 0.6) is 0 Å². The minimum Gasteiger partial charge on any atom is -0.396 e. The number of nitrogens with zero attached hydrogens (tertiary/aromatic N) is 1. The van der Waals surface area contributed by atoms with Crippen molar-refractivity contribution in [1.29, 1.82) is 5.26 Å². The Balaban J connectivity index is 4.19. The van der Waals surface area contributed by atoms with E-state index in [2.05, 4.69) is 6.07 Å². The van der Waals surface area contributed by atoms with Gasteiger partial charge in [-0.25, -0.2) is 0 Å². The fourth-order valence-electron chi connectivity index (χ4n) is 1.04. The summed E-state index contributed by atoms with van der Waals surface area (Å²) < 4.78 is 5.36. The Morgan fingerprint density at radius 3 is 2.50 bits per heavy atom. The third-order valence-electron chi connectivity index (χ3n) is 1.85. The van der Waals surface area contributed by atoms with Crippen LogP contribution in [0.3, 0.4) is 0 Å². The first kappa shape index (κ1) is 11.4. The Kier molecular flexibility index (Phi) is 4.87. The maximum absolute atomic E-state index is 8.81. The van der Waals surface area contributed by atoms with E-state index in [4.69, 9.17) is 15.1 Å². The Labute approximate surface area is 74.0 Å². The van der Waals surface area contributed by atoms with Gasteiger partial charge in [0.15, 0.2) is 0 Å². The molecule has 0 saturated heterocycles. The fraction of sp³-hybridized carbons (Fsp3) is 0.889. The predicted molar refractivity (Wildman–Crippen MR) is 46.5 cm³/mol. The summed E-state index contributed by atoms with van der Waals surface area (Å²) in [4.78, 5) is 0. The third-order valence-corrected chi connectivity index (χ3v) is 1.85. The lowest BCUT2D eigenvalue weighted by atomic mass is 9.86. The van der Waals surface area contributed by atoms with Gasteiger partial charge in [0.05, 0.1) is 17.6 Å². The summed E-state index contributed by atoms with van der Waals surface area (Å²) in [5.74, 6) is 0. The number of hydrogen-bond acceptors (Lipinski definition) is 3. The summed E-state index contributed by atoms with van der Waals surface area (Å²) >= 11 is 0. The summed E-state index contributed by atoms with van der Waals surface area (Å²) in [5.41, 5.74) is -0.515. The van der Waals surface area contributed by atoms with Crippen molar-refractivity contribution >= 4 is 0 Å². The zero-order chi connectivity index (χ0) is 9.61. The molecule has 0 fully saturated rings. The van der Waals surface area contributed by atoms with Gasteiger partial charge in [-0.05, 0) is 27.2 Å². The molecule has 3 heteroatoms. The molecule has 1 unspecified atom stereocenters. The molecule has 0 aromatic rings. The summed E-state index contributed by atoms with van der Waals surface area (Å²) in [6, 6.07) is 2.17. The van der Waals surface area contributed by atoms with Gasteiger partial charge in [0.1, 0.15) is 0 Å². The summed E-state index contributed by atoms with van der Waals surface area (Å²) in [6.07, 6.45) is 0.353. The smallest absolute Gasteiger partial charge is 0.0779 e. The Morgan fingerprint density at radius 2 is 2.17 bits per heavy atom. The number of rotatable bonds is 5. The first-order chi connectivity index (χ1) is 5.58. The number of aliphatic hydroxyl groups is 1. The van der Waals surface area contributed by atoms with E-state index in [0.717, 1.165) is 0 Å². The average molecular weight is 171 g/mol. The second-order valence-electron chi connectivity index (χ2n) is 3.29. The summed E-state index contributed by atoms with van der Waals surface area (Å²) in [7, 11) is 0. The van der Waals surface area contributed by atoms with E-state index in [1.807, 2.05) is 20.8 Å². The van der Waals surface area contributed by atoms with Crippen molar-refractivity contribution in [3.05, 3.63) is 0 Å². The highest BCUT2D eigenvalue weighted by Crippen LogP contribution is 2.24. The number of ether oxygens (including phenoxy) is 1. The van der Waals surface area contributed by atoms with Crippen molar-refractivity contribution in [3.8, 4) is 6.07 Å². The van der Waals surface area contributed by atoms with E-state index in [1.54, 1.807) is 0 Å². The molecule has 1 N–H and O–H groups in total. The summed E-state index contributed by atoms with van der Waals surface area (Å²) in [6.45, 7) is 6.18. The molecular weight excluding hydrogens is 154 g/mol. The molecule has 12 heavy (non-hydrogen) atoms. The number of hydrogen-bond donors (Lipinski definition) is 1. The lowest BCUT2D eigenvalue weighted by molar-refractivity contribution is -0.0103. The van der Waals surface area contributed by atoms with Gasteiger partial charge in [-0.15, -0.1) is 0 Å². The van der Waals surface area contributed by atoms with Crippen LogP contribution in [0.4, 0.5) is 0 Å². The second kappa shape index (κ2) is 5.13. The molecule has 0 aromatic carbocycles. The van der Waals surface area contributed by atoms with Crippen molar-refractivity contribution in [1.82, 2.24) is 0 Å². The molecule has 3 nitrogen and oxygen atoms in total. The quantitative estimate of drug-likeness (QED) is 0.678. The van der Waals surface area contributed by atoms with Crippen LogP contribution in [-0.4, -0.2) is 24.4 Å². The lowest BCUT2D eigenvalue weighted by Crippen LogP contribution is -2.31. The van der Waals surface area contributed by atoms with Crippen molar-refractivity contribution in [3.63, 3.8) is 0 Å². The molecular formula is C9H17NO2. The van der Waals surface area contributed by atoms with E-state index >= 15 is 0 Å². The van der Waals surface area contributed by atoms with E-state index in [-0.39, 0.29) is 12.7 Å². The second-order valence-corrected chi connectivity index (χ2v) is 3.29. The number of nitriles is 1. The van der Waals surface area contributed by atoms with Crippen LogP contribution in [-0.2, 0) is 4.74 Å². The van der Waals surface area contributed by atoms with Crippen LogP contribution in [0, 0.1) is 16.7 Å². The van der Waals surface area contributed by atoms with Crippen molar-refractivity contribution in [2.45, 2.75) is 33.3 Å². The van der Waals surface area contributed by atoms with Crippen LogP contribution in [0.25, 0.3) is 0 Å². The maximum Gasteiger partial charge on any atom is 0.0779 e. The van der Waals surface area contributed by atoms with Gasteiger partial charge >= 0.3 is 0 Å². The molecule has 0 radical (unpaired) electrons. The minimum absolute atomic E-state index is 0.0653. The van der Waals surface area contributed by atoms with Crippen LogP contribution >= 0.6 is 0 Å². The van der Waals surface area contributed by atoms with Crippen LogP contribution in [0.2, 0.25) is 0 Å². The normalized spacial score (nSPS) is 13.9. The van der Waals surface area contributed by atoms with E-state index < -0.39 is 5.41 Å². The topological polar surface area (TPSA) is 53.2 Å². The largest absolute Gasteiger partial charge is 0.396 e. The molecule has 0 aliphatic rings. The van der Waals surface area contributed by atoms with Gasteiger partial charge in [-0.1, -0.05) is 0 Å². The molecule has 0 rings (SSSR count). The summed E-state index contributed by atoms with van der Waals surface area (Å²) in [5, 5.41) is 17.5. The van der Waals surface area contributed by atoms with Crippen molar-refractivity contribution in [2.75, 3.05) is 13.2 Å². The molecule has 0 spiro atoms. The van der Waals surface area contributed by atoms with Gasteiger partial charge in [-0.2, -0.15) is 5.26 Å². The SMILES string of the molecule is CCOC(CCO)C(C)(C)C#N. The molecule has 1 atom stereocenters. The predicted octanol–water partition coefficient (Wildman–Crippen LogP) is 1.32. The molecule has 0 aromatic heterocycles. The van der Waals surface area contributed by atoms with Gasteiger partial charge in [0, 0.05) is 13.2 Å². The van der Waals surface area contributed by atoms with Gasteiger partial charge in [-0.3, -0.25) is 0 Å². The highest BCUT2D eigenvalue weighted by atomic mass is 16.5. The first-order valence-electron chi connectivity index (χ1n) is 4.22. The Morgan fingerprint density at radius 1 is 1.58 bits per heavy atom. The Bertz CT molecular complexity index is 154. The van der Waals surface area contributed by atoms with Crippen molar-refractivity contribution < 1.29 is 9.84 Å². The molecule has 0 heterocycles. The molecule has 0 bridgehead atoms. The lowest BCUT2D eigenvalue weighted by Gasteiger charge is -2.26. The highest BCUT2D eigenvalue weighted by molar-refractivity contribution is 4.97. The fourth-order valence-corrected chi connectivity index (χ4v) is 1.04. The van der Waals surface area contributed by atoms with E-state index in [9.17, 15) is 0 Å². The third kappa shape index (κ3) is 3.21. The van der Waals surface area contributed by atoms with Crippen LogP contribution < -0.4 is 0 Å². The van der Waals surface area contributed by atoms with Crippen LogP contribution in [0.15, 0.2) is 0 Å². The monoisotopic (exact) mass is 171 g/mol. The van der Waals surface area contributed by atoms with Crippen LogP contribution in [0.1, 0.15) is 27.2 Å². The molecule has 0 saturated carbocycles. The van der Waals surface area contributed by atoms with E-state index in [0.29, 0.717) is 13.0 Å².